The lowest BCUT2D eigenvalue weighted by atomic mass is 9.82. The van der Waals surface area contributed by atoms with Crippen molar-refractivity contribution in [3.05, 3.63) is 95.1 Å². The topological polar surface area (TPSA) is 71.1 Å². The summed E-state index contributed by atoms with van der Waals surface area (Å²) in [6, 6.07) is 22.7. The Morgan fingerprint density at radius 3 is 2.08 bits per heavy atom. The Labute approximate surface area is 211 Å². The first-order valence-corrected chi connectivity index (χ1v) is 12.2. The van der Waals surface area contributed by atoms with Crippen LogP contribution in [-0.2, 0) is 16.8 Å². The fourth-order valence-electron chi connectivity index (χ4n) is 5.45. The van der Waals surface area contributed by atoms with Crippen molar-refractivity contribution in [3.8, 4) is 11.5 Å². The molecule has 0 saturated carbocycles. The number of carbonyl (C=O) groups excluding carboxylic acids is 2. The van der Waals surface area contributed by atoms with Gasteiger partial charge in [0.05, 0.1) is 20.9 Å². The van der Waals surface area contributed by atoms with E-state index < -0.39 is 11.6 Å². The molecule has 36 heavy (non-hydrogen) atoms. The molecule has 1 aliphatic carbocycles. The Morgan fingerprint density at radius 2 is 1.50 bits per heavy atom. The SMILES string of the molecule is COc1ccc(C2(c3ccc(OC)cc3)NC(=O)N(CN(C)C3CCCc4ccccc43)C2=O)cc1. The molecule has 1 aliphatic heterocycles. The van der Waals surface area contributed by atoms with Gasteiger partial charge < -0.3 is 14.8 Å². The molecule has 186 valence electrons. The van der Waals surface area contributed by atoms with Crippen LogP contribution in [0.3, 0.4) is 0 Å². The number of rotatable bonds is 7. The average molecular weight is 486 g/mol. The summed E-state index contributed by atoms with van der Waals surface area (Å²) in [7, 11) is 5.17. The van der Waals surface area contributed by atoms with Crippen LogP contribution in [0.1, 0.15) is 41.1 Å². The standard InChI is InChI=1S/C29H31N3O4/c1-31(26-10-6-8-20-7-4-5-9-25(20)26)19-32-27(33)29(30-28(32)34,21-11-15-23(35-2)16-12-21)22-13-17-24(36-3)18-14-22/h4-5,7,9,11-18,26H,6,8,10,19H2,1-3H3,(H,30,34). The maximum absolute atomic E-state index is 14.2. The molecule has 1 atom stereocenters. The molecule has 7 heteroatoms. The second-order valence-corrected chi connectivity index (χ2v) is 9.38. The number of hydrogen-bond donors (Lipinski definition) is 1. The van der Waals surface area contributed by atoms with E-state index >= 15 is 0 Å². The highest BCUT2D eigenvalue weighted by atomic mass is 16.5. The van der Waals surface area contributed by atoms with Crippen LogP contribution in [-0.4, -0.2) is 49.7 Å². The van der Waals surface area contributed by atoms with E-state index in [4.69, 9.17) is 9.47 Å². The highest BCUT2D eigenvalue weighted by Gasteiger charge is 2.54. The maximum Gasteiger partial charge on any atom is 0.326 e. The summed E-state index contributed by atoms with van der Waals surface area (Å²) in [4.78, 5) is 31.0. The molecule has 0 aromatic heterocycles. The number of imide groups is 1. The number of benzene rings is 3. The van der Waals surface area contributed by atoms with Gasteiger partial charge in [-0.15, -0.1) is 0 Å². The minimum Gasteiger partial charge on any atom is -0.497 e. The van der Waals surface area contributed by atoms with Crippen LogP contribution in [0.2, 0.25) is 0 Å². The van der Waals surface area contributed by atoms with Gasteiger partial charge in [0.25, 0.3) is 5.91 Å². The van der Waals surface area contributed by atoms with Gasteiger partial charge in [-0.25, -0.2) is 9.69 Å². The summed E-state index contributed by atoms with van der Waals surface area (Å²) in [5, 5.41) is 3.03. The van der Waals surface area contributed by atoms with E-state index in [1.807, 2.05) is 31.3 Å². The van der Waals surface area contributed by atoms with E-state index in [1.165, 1.54) is 16.0 Å². The molecule has 7 nitrogen and oxygen atoms in total. The third-order valence-electron chi connectivity index (χ3n) is 7.39. The monoisotopic (exact) mass is 485 g/mol. The van der Waals surface area contributed by atoms with Crippen molar-refractivity contribution in [2.75, 3.05) is 27.9 Å². The first kappa shape index (κ1) is 23.9. The van der Waals surface area contributed by atoms with Crippen molar-refractivity contribution in [3.63, 3.8) is 0 Å². The summed E-state index contributed by atoms with van der Waals surface area (Å²) in [5.41, 5.74) is 2.60. The van der Waals surface area contributed by atoms with E-state index in [1.54, 1.807) is 38.5 Å². The number of nitrogens with zero attached hydrogens (tertiary/aromatic N) is 2. The van der Waals surface area contributed by atoms with Gasteiger partial charge in [0, 0.05) is 6.04 Å². The molecule has 1 unspecified atom stereocenters. The molecule has 0 bridgehead atoms. The van der Waals surface area contributed by atoms with Crippen molar-refractivity contribution in [2.45, 2.75) is 30.8 Å². The zero-order valence-corrected chi connectivity index (χ0v) is 20.9. The molecule has 1 N–H and O–H groups in total. The van der Waals surface area contributed by atoms with E-state index in [0.717, 1.165) is 19.3 Å². The fourth-order valence-corrected chi connectivity index (χ4v) is 5.45. The van der Waals surface area contributed by atoms with Crippen LogP contribution in [0.25, 0.3) is 0 Å². The van der Waals surface area contributed by atoms with Gasteiger partial charge in [-0.2, -0.15) is 0 Å². The first-order valence-electron chi connectivity index (χ1n) is 12.2. The van der Waals surface area contributed by atoms with Crippen LogP contribution in [0.5, 0.6) is 11.5 Å². The number of amides is 3. The van der Waals surface area contributed by atoms with Gasteiger partial charge in [-0.1, -0.05) is 48.5 Å². The van der Waals surface area contributed by atoms with Crippen LogP contribution in [0, 0.1) is 0 Å². The van der Waals surface area contributed by atoms with E-state index in [2.05, 4.69) is 34.5 Å². The van der Waals surface area contributed by atoms with Crippen molar-refractivity contribution in [1.29, 1.82) is 0 Å². The maximum atomic E-state index is 14.2. The van der Waals surface area contributed by atoms with Crippen LogP contribution >= 0.6 is 0 Å². The summed E-state index contributed by atoms with van der Waals surface area (Å²) in [5.74, 6) is 1.04. The molecular formula is C29H31N3O4. The zero-order chi connectivity index (χ0) is 25.3. The Balaban J connectivity index is 1.50. The molecule has 1 fully saturated rings. The normalized spacial score (nSPS) is 18.7. The van der Waals surface area contributed by atoms with Crippen LogP contribution in [0.4, 0.5) is 4.79 Å². The second-order valence-electron chi connectivity index (χ2n) is 9.38. The van der Waals surface area contributed by atoms with Gasteiger partial charge in [-0.05, 0) is 72.8 Å². The number of fused-ring (bicyclic) bond motifs is 1. The van der Waals surface area contributed by atoms with Crippen molar-refractivity contribution in [1.82, 2.24) is 15.1 Å². The van der Waals surface area contributed by atoms with E-state index in [0.29, 0.717) is 22.6 Å². The third kappa shape index (κ3) is 3.99. The van der Waals surface area contributed by atoms with Gasteiger partial charge in [0.2, 0.25) is 0 Å². The summed E-state index contributed by atoms with van der Waals surface area (Å²) in [6.45, 7) is 0.192. The van der Waals surface area contributed by atoms with Crippen molar-refractivity contribution >= 4 is 11.9 Å². The van der Waals surface area contributed by atoms with Crippen molar-refractivity contribution in [2.24, 2.45) is 0 Å². The molecular weight excluding hydrogens is 454 g/mol. The van der Waals surface area contributed by atoms with Gasteiger partial charge in [-0.3, -0.25) is 9.69 Å². The van der Waals surface area contributed by atoms with E-state index in [-0.39, 0.29) is 18.6 Å². The molecule has 3 amide bonds. The Bertz CT molecular complexity index is 1210. The molecule has 5 rings (SSSR count). The first-order chi connectivity index (χ1) is 17.5. The largest absolute Gasteiger partial charge is 0.497 e. The fraction of sp³-hybridized carbons (Fsp3) is 0.310. The average Bonchev–Trinajstić information content (AvgIpc) is 3.18. The molecule has 0 spiro atoms. The molecule has 0 radical (unpaired) electrons. The van der Waals surface area contributed by atoms with Gasteiger partial charge in [0.1, 0.15) is 11.5 Å². The second kappa shape index (κ2) is 9.66. The third-order valence-corrected chi connectivity index (χ3v) is 7.39. The van der Waals surface area contributed by atoms with Crippen molar-refractivity contribution < 1.29 is 19.1 Å². The summed E-state index contributed by atoms with van der Waals surface area (Å²) < 4.78 is 10.6. The summed E-state index contributed by atoms with van der Waals surface area (Å²) >= 11 is 0. The highest BCUT2D eigenvalue weighted by Crippen LogP contribution is 2.39. The molecule has 1 heterocycles. The Kier molecular flexibility index (Phi) is 6.41. The smallest absolute Gasteiger partial charge is 0.326 e. The lowest BCUT2D eigenvalue weighted by molar-refractivity contribution is -0.132. The lowest BCUT2D eigenvalue weighted by Crippen LogP contribution is -2.46. The highest BCUT2D eigenvalue weighted by molar-refractivity contribution is 6.09. The van der Waals surface area contributed by atoms with E-state index in [9.17, 15) is 9.59 Å². The number of aryl methyl sites for hydroxylation is 1. The Hall–Kier alpha value is -3.84. The number of hydrogen-bond acceptors (Lipinski definition) is 5. The van der Waals surface area contributed by atoms with Gasteiger partial charge in [0.15, 0.2) is 5.54 Å². The lowest BCUT2D eigenvalue weighted by Gasteiger charge is -2.35. The molecule has 2 aliphatic rings. The quantitative estimate of drug-likeness (QED) is 0.500. The number of methoxy groups -OCH3 is 2. The number of nitrogens with one attached hydrogen (secondary N) is 1. The van der Waals surface area contributed by atoms with Crippen LogP contribution in [0.15, 0.2) is 72.8 Å². The number of carbonyl (C=O) groups is 2. The zero-order valence-electron chi connectivity index (χ0n) is 20.9. The molecule has 1 saturated heterocycles. The minimum absolute atomic E-state index is 0.146. The summed E-state index contributed by atoms with van der Waals surface area (Å²) in [6.07, 6.45) is 3.12. The predicted octanol–water partition coefficient (Wildman–Crippen LogP) is 4.47. The Morgan fingerprint density at radius 1 is 0.917 bits per heavy atom. The number of urea groups is 1. The van der Waals surface area contributed by atoms with Gasteiger partial charge >= 0.3 is 6.03 Å². The molecule has 3 aromatic rings. The predicted molar refractivity (Wildman–Crippen MR) is 137 cm³/mol. The minimum atomic E-state index is -1.35. The molecule has 3 aromatic carbocycles. The van der Waals surface area contributed by atoms with Crippen LogP contribution < -0.4 is 14.8 Å². The number of ether oxygens (including phenoxy) is 2.